The zero-order valence-electron chi connectivity index (χ0n) is 10.8. The molecule has 2 N–H and O–H groups in total. The number of nitriles is 2. The van der Waals surface area contributed by atoms with Crippen molar-refractivity contribution in [2.45, 2.75) is 0 Å². The van der Waals surface area contributed by atoms with Crippen molar-refractivity contribution in [2.24, 2.45) is 0 Å². The number of nitrogen functional groups attached to an aromatic ring is 1. The third-order valence-electron chi connectivity index (χ3n) is 3.16. The van der Waals surface area contributed by atoms with Crippen LogP contribution < -0.4 is 5.73 Å². The minimum Gasteiger partial charge on any atom is -0.397 e. The van der Waals surface area contributed by atoms with Gasteiger partial charge < -0.3 is 5.73 Å². The van der Waals surface area contributed by atoms with Crippen molar-refractivity contribution < 1.29 is 0 Å². The average molecular weight is 307 g/mol. The van der Waals surface area contributed by atoms with Gasteiger partial charge in [0.05, 0.1) is 16.8 Å². The molecule has 100 valence electrons. The highest BCUT2D eigenvalue weighted by Crippen LogP contribution is 2.39. The molecule has 3 nitrogen and oxygen atoms in total. The van der Waals surface area contributed by atoms with Crippen molar-refractivity contribution in [1.29, 1.82) is 10.5 Å². The lowest BCUT2D eigenvalue weighted by Crippen LogP contribution is -1.99. The Morgan fingerprint density at radius 2 is 1.33 bits per heavy atom. The first kappa shape index (κ1) is 13.4. The molecular weight excluding hydrogens is 298 g/mol. The highest BCUT2D eigenvalue weighted by Gasteiger charge is 2.19. The highest BCUT2D eigenvalue weighted by molar-refractivity contribution is 7.14. The van der Waals surface area contributed by atoms with Crippen LogP contribution in [0.4, 0.5) is 5.69 Å². The second kappa shape index (κ2) is 5.41. The molecule has 0 amide bonds. The molecule has 0 radical (unpaired) electrons. The van der Waals surface area contributed by atoms with Crippen LogP contribution in [0.2, 0.25) is 0 Å². The summed E-state index contributed by atoms with van der Waals surface area (Å²) in [6, 6.07) is 13.9. The molecule has 0 atom stereocenters. The Morgan fingerprint density at radius 1 is 0.857 bits per heavy atom. The molecule has 0 unspecified atom stereocenters. The van der Waals surface area contributed by atoms with Crippen molar-refractivity contribution >= 4 is 28.4 Å². The minimum absolute atomic E-state index is 0.259. The van der Waals surface area contributed by atoms with E-state index in [1.54, 1.807) is 22.7 Å². The molecule has 0 aliphatic heterocycles. The Balaban J connectivity index is 2.37. The molecule has 0 spiro atoms. The van der Waals surface area contributed by atoms with Crippen LogP contribution in [0.15, 0.2) is 41.1 Å². The number of benzene rings is 1. The first-order chi connectivity index (χ1) is 10.3. The van der Waals surface area contributed by atoms with E-state index < -0.39 is 0 Å². The molecule has 0 fully saturated rings. The summed E-state index contributed by atoms with van der Waals surface area (Å²) in [6.07, 6.45) is 0. The number of rotatable bonds is 2. The van der Waals surface area contributed by atoms with E-state index in [4.69, 9.17) is 5.73 Å². The van der Waals surface area contributed by atoms with E-state index in [0.717, 1.165) is 20.9 Å². The van der Waals surface area contributed by atoms with Crippen molar-refractivity contribution in [3.63, 3.8) is 0 Å². The number of anilines is 1. The van der Waals surface area contributed by atoms with E-state index in [1.165, 1.54) is 0 Å². The van der Waals surface area contributed by atoms with Gasteiger partial charge in [0.15, 0.2) is 0 Å². The number of hydrogen-bond acceptors (Lipinski definition) is 5. The van der Waals surface area contributed by atoms with Gasteiger partial charge in [-0.2, -0.15) is 10.5 Å². The van der Waals surface area contributed by atoms with Crippen LogP contribution in [0, 0.1) is 22.7 Å². The summed E-state index contributed by atoms with van der Waals surface area (Å²) < 4.78 is 0. The van der Waals surface area contributed by atoms with E-state index in [2.05, 4.69) is 12.1 Å². The SMILES string of the molecule is N#Cc1c(-c2cccs2)cc(-c2cccs2)c(C#N)c1N. The van der Waals surface area contributed by atoms with Crippen molar-refractivity contribution in [3.05, 3.63) is 52.2 Å². The Morgan fingerprint density at radius 3 is 1.67 bits per heavy atom. The predicted molar refractivity (Wildman–Crippen MR) is 86.9 cm³/mol. The summed E-state index contributed by atoms with van der Waals surface area (Å²) in [6.45, 7) is 0. The fourth-order valence-corrected chi connectivity index (χ4v) is 3.69. The maximum atomic E-state index is 9.41. The molecule has 2 aromatic heterocycles. The lowest BCUT2D eigenvalue weighted by Gasteiger charge is -2.11. The zero-order chi connectivity index (χ0) is 14.8. The molecule has 3 rings (SSSR count). The molecular formula is C16H9N3S2. The zero-order valence-corrected chi connectivity index (χ0v) is 12.5. The Kier molecular flexibility index (Phi) is 3.45. The number of nitrogens with zero attached hydrogens (tertiary/aromatic N) is 2. The molecule has 3 aromatic rings. The van der Waals surface area contributed by atoms with E-state index >= 15 is 0 Å². The summed E-state index contributed by atoms with van der Waals surface area (Å²) in [5.41, 5.74) is 8.65. The molecule has 0 aliphatic rings. The van der Waals surface area contributed by atoms with Gasteiger partial charge in [0.25, 0.3) is 0 Å². The topological polar surface area (TPSA) is 73.6 Å². The Hall–Kier alpha value is -2.60. The molecule has 0 aliphatic carbocycles. The van der Waals surface area contributed by atoms with Crippen LogP contribution in [0.5, 0.6) is 0 Å². The normalized spacial score (nSPS) is 10.0. The van der Waals surface area contributed by atoms with Crippen LogP contribution >= 0.6 is 22.7 Å². The van der Waals surface area contributed by atoms with Gasteiger partial charge in [-0.3, -0.25) is 0 Å². The maximum absolute atomic E-state index is 9.41. The van der Waals surface area contributed by atoms with Crippen molar-refractivity contribution in [2.75, 3.05) is 5.73 Å². The largest absolute Gasteiger partial charge is 0.397 e. The highest BCUT2D eigenvalue weighted by atomic mass is 32.1. The third-order valence-corrected chi connectivity index (χ3v) is 4.97. The third kappa shape index (κ3) is 2.19. The number of hydrogen-bond donors (Lipinski definition) is 1. The monoisotopic (exact) mass is 307 g/mol. The van der Waals surface area contributed by atoms with Crippen LogP contribution in [0.25, 0.3) is 20.9 Å². The maximum Gasteiger partial charge on any atom is 0.102 e. The fourth-order valence-electron chi connectivity index (χ4n) is 2.20. The second-order valence-electron chi connectivity index (χ2n) is 4.31. The van der Waals surface area contributed by atoms with Gasteiger partial charge >= 0.3 is 0 Å². The van der Waals surface area contributed by atoms with Crippen molar-refractivity contribution in [1.82, 2.24) is 0 Å². The summed E-state index contributed by atoms with van der Waals surface area (Å²) in [7, 11) is 0. The Labute approximate surface area is 130 Å². The van der Waals surface area contributed by atoms with E-state index in [-0.39, 0.29) is 5.69 Å². The van der Waals surface area contributed by atoms with Gasteiger partial charge in [-0.05, 0) is 29.0 Å². The van der Waals surface area contributed by atoms with Crippen LogP contribution in [0.1, 0.15) is 11.1 Å². The Bertz CT molecular complexity index is 793. The molecule has 5 heteroatoms. The molecule has 0 saturated carbocycles. The van der Waals surface area contributed by atoms with Gasteiger partial charge in [-0.1, -0.05) is 12.1 Å². The molecule has 0 saturated heterocycles. The quantitative estimate of drug-likeness (QED) is 0.710. The number of nitrogens with two attached hydrogens (primary N) is 1. The summed E-state index contributed by atoms with van der Waals surface area (Å²) in [4.78, 5) is 1.95. The van der Waals surface area contributed by atoms with Gasteiger partial charge in [0.1, 0.15) is 12.1 Å². The first-order valence-electron chi connectivity index (χ1n) is 6.10. The van der Waals surface area contributed by atoms with Gasteiger partial charge in [-0.15, -0.1) is 22.7 Å². The lowest BCUT2D eigenvalue weighted by molar-refractivity contribution is 1.45. The average Bonchev–Trinajstić information content (AvgIpc) is 3.19. The summed E-state index contributed by atoms with van der Waals surface area (Å²) >= 11 is 3.09. The van der Waals surface area contributed by atoms with E-state index in [0.29, 0.717) is 11.1 Å². The summed E-state index contributed by atoms with van der Waals surface area (Å²) in [5, 5.41) is 22.7. The predicted octanol–water partition coefficient (Wildman–Crippen LogP) is 4.47. The van der Waals surface area contributed by atoms with Crippen LogP contribution in [-0.4, -0.2) is 0 Å². The van der Waals surface area contributed by atoms with Crippen LogP contribution in [-0.2, 0) is 0 Å². The van der Waals surface area contributed by atoms with Gasteiger partial charge in [0, 0.05) is 20.9 Å². The summed E-state index contributed by atoms with van der Waals surface area (Å²) in [5.74, 6) is 0. The van der Waals surface area contributed by atoms with Gasteiger partial charge in [-0.25, -0.2) is 0 Å². The van der Waals surface area contributed by atoms with Crippen molar-refractivity contribution in [3.8, 4) is 33.0 Å². The molecule has 21 heavy (non-hydrogen) atoms. The van der Waals surface area contributed by atoms with Gasteiger partial charge in [0.2, 0.25) is 0 Å². The lowest BCUT2D eigenvalue weighted by atomic mass is 9.95. The fraction of sp³-hybridized carbons (Fsp3) is 0. The van der Waals surface area contributed by atoms with Crippen LogP contribution in [0.3, 0.4) is 0 Å². The second-order valence-corrected chi connectivity index (χ2v) is 6.21. The smallest absolute Gasteiger partial charge is 0.102 e. The van der Waals surface area contributed by atoms with E-state index in [9.17, 15) is 10.5 Å². The molecule has 1 aromatic carbocycles. The molecule has 0 bridgehead atoms. The van der Waals surface area contributed by atoms with E-state index in [1.807, 2.05) is 41.1 Å². The number of thiophene rings is 2. The first-order valence-corrected chi connectivity index (χ1v) is 7.86. The minimum atomic E-state index is 0.259. The standard InChI is InChI=1S/C16H9N3S2/c17-8-12-10(14-3-1-5-20-14)7-11(13(9-18)16(12)19)15-4-2-6-21-15/h1-7H,19H2. The molecule has 2 heterocycles.